The van der Waals surface area contributed by atoms with Crippen molar-refractivity contribution in [3.8, 4) is 0 Å². The van der Waals surface area contributed by atoms with E-state index in [1.54, 1.807) is 6.92 Å². The first-order valence-corrected chi connectivity index (χ1v) is 5.32. The lowest BCUT2D eigenvalue weighted by molar-refractivity contribution is -0.117. The van der Waals surface area contributed by atoms with E-state index in [2.05, 4.69) is 30.3 Å². The lowest BCUT2D eigenvalue weighted by Gasteiger charge is -1.98. The van der Waals surface area contributed by atoms with Gasteiger partial charge >= 0.3 is 0 Å². The largest absolute Gasteiger partial charge is 0.300 e. The Morgan fingerprint density at radius 2 is 2.07 bits per heavy atom. The molecule has 0 heterocycles. The normalized spacial score (nSPS) is 24.6. The van der Waals surface area contributed by atoms with Crippen molar-refractivity contribution in [1.82, 2.24) is 0 Å². The Bertz CT molecular complexity index is 315. The number of ketones is 1. The fraction of sp³-hybridized carbons (Fsp3) is 0.462. The zero-order valence-electron chi connectivity index (χ0n) is 8.57. The minimum atomic E-state index is 0.323. The Labute approximate surface area is 85.1 Å². The molecule has 0 bridgehead atoms. The predicted octanol–water partition coefficient (Wildman–Crippen LogP) is 3.16. The van der Waals surface area contributed by atoms with Gasteiger partial charge in [0.1, 0.15) is 5.78 Å². The monoisotopic (exact) mass is 188 g/mol. The summed E-state index contributed by atoms with van der Waals surface area (Å²) in [7, 11) is 0. The molecule has 1 aliphatic carbocycles. The van der Waals surface area contributed by atoms with Gasteiger partial charge in [0.2, 0.25) is 0 Å². The van der Waals surface area contributed by atoms with Crippen LogP contribution in [-0.4, -0.2) is 5.78 Å². The highest BCUT2D eigenvalue weighted by atomic mass is 16.1. The van der Waals surface area contributed by atoms with Crippen LogP contribution < -0.4 is 0 Å². The predicted molar refractivity (Wildman–Crippen MR) is 57.2 cm³/mol. The maximum atomic E-state index is 10.8. The molecule has 0 saturated heterocycles. The molecule has 0 radical (unpaired) electrons. The van der Waals surface area contributed by atoms with Crippen LogP contribution in [-0.2, 0) is 4.79 Å². The fourth-order valence-corrected chi connectivity index (χ4v) is 2.06. The lowest BCUT2D eigenvalue weighted by atomic mass is 10.1. The minimum Gasteiger partial charge on any atom is -0.300 e. The SMILES string of the molecule is CC(=O)CCC1CC1c1ccccc1. The van der Waals surface area contributed by atoms with Gasteiger partial charge in [0, 0.05) is 6.42 Å². The van der Waals surface area contributed by atoms with Crippen LogP contribution in [0.15, 0.2) is 30.3 Å². The Morgan fingerprint density at radius 1 is 1.36 bits per heavy atom. The second-order valence-corrected chi connectivity index (χ2v) is 4.25. The molecule has 2 atom stereocenters. The van der Waals surface area contributed by atoms with Crippen molar-refractivity contribution in [3.63, 3.8) is 0 Å². The van der Waals surface area contributed by atoms with E-state index in [0.29, 0.717) is 5.78 Å². The van der Waals surface area contributed by atoms with Crippen LogP contribution in [0.5, 0.6) is 0 Å². The summed E-state index contributed by atoms with van der Waals surface area (Å²) >= 11 is 0. The molecule has 2 unspecified atom stereocenters. The molecule has 14 heavy (non-hydrogen) atoms. The zero-order valence-corrected chi connectivity index (χ0v) is 8.57. The molecule has 1 aromatic carbocycles. The van der Waals surface area contributed by atoms with Gasteiger partial charge < -0.3 is 4.79 Å². The summed E-state index contributed by atoms with van der Waals surface area (Å²) < 4.78 is 0. The second-order valence-electron chi connectivity index (χ2n) is 4.25. The molecular weight excluding hydrogens is 172 g/mol. The molecule has 0 N–H and O–H groups in total. The Kier molecular flexibility index (Phi) is 2.67. The van der Waals surface area contributed by atoms with Gasteiger partial charge in [-0.25, -0.2) is 0 Å². The first-order valence-electron chi connectivity index (χ1n) is 5.32. The molecular formula is C13H16O. The number of Topliss-reactive ketones (excluding diaryl/α,β-unsaturated/α-hetero) is 1. The maximum absolute atomic E-state index is 10.8. The summed E-state index contributed by atoms with van der Waals surface area (Å²) in [5.74, 6) is 1.82. The van der Waals surface area contributed by atoms with E-state index in [1.807, 2.05) is 0 Å². The van der Waals surface area contributed by atoms with Crippen molar-refractivity contribution >= 4 is 5.78 Å². The van der Waals surface area contributed by atoms with Gasteiger partial charge in [-0.3, -0.25) is 0 Å². The summed E-state index contributed by atoms with van der Waals surface area (Å²) in [4.78, 5) is 10.8. The first kappa shape index (κ1) is 9.45. The molecule has 0 spiro atoms. The molecule has 1 nitrogen and oxygen atoms in total. The molecule has 1 fully saturated rings. The van der Waals surface area contributed by atoms with Crippen LogP contribution in [0.3, 0.4) is 0 Å². The van der Waals surface area contributed by atoms with E-state index in [0.717, 1.165) is 24.7 Å². The van der Waals surface area contributed by atoms with E-state index < -0.39 is 0 Å². The highest BCUT2D eigenvalue weighted by Gasteiger charge is 2.37. The average molecular weight is 188 g/mol. The highest BCUT2D eigenvalue weighted by Crippen LogP contribution is 2.49. The molecule has 1 aromatic rings. The third kappa shape index (κ3) is 2.22. The topological polar surface area (TPSA) is 17.1 Å². The van der Waals surface area contributed by atoms with Gasteiger partial charge in [-0.1, -0.05) is 30.3 Å². The van der Waals surface area contributed by atoms with Gasteiger partial charge in [-0.15, -0.1) is 0 Å². The van der Waals surface area contributed by atoms with Crippen LogP contribution in [0.1, 0.15) is 37.7 Å². The number of carbonyl (C=O) groups is 1. The van der Waals surface area contributed by atoms with Crippen molar-refractivity contribution in [2.45, 2.75) is 32.1 Å². The molecule has 74 valence electrons. The summed E-state index contributed by atoms with van der Waals surface area (Å²) in [5, 5.41) is 0. The van der Waals surface area contributed by atoms with E-state index >= 15 is 0 Å². The fourth-order valence-electron chi connectivity index (χ4n) is 2.06. The first-order chi connectivity index (χ1) is 6.77. The van der Waals surface area contributed by atoms with Crippen molar-refractivity contribution in [2.24, 2.45) is 5.92 Å². The van der Waals surface area contributed by atoms with Crippen LogP contribution >= 0.6 is 0 Å². The van der Waals surface area contributed by atoms with Gasteiger partial charge in [-0.2, -0.15) is 0 Å². The van der Waals surface area contributed by atoms with Crippen LogP contribution in [0, 0.1) is 5.92 Å². The summed E-state index contributed by atoms with van der Waals surface area (Å²) in [6.07, 6.45) is 3.11. The third-order valence-electron chi connectivity index (χ3n) is 3.02. The molecule has 2 rings (SSSR count). The second kappa shape index (κ2) is 3.95. The number of hydrogen-bond acceptors (Lipinski definition) is 1. The van der Waals surface area contributed by atoms with Crippen LogP contribution in [0.4, 0.5) is 0 Å². The minimum absolute atomic E-state index is 0.323. The summed E-state index contributed by atoms with van der Waals surface area (Å²) in [5.41, 5.74) is 1.45. The highest BCUT2D eigenvalue weighted by molar-refractivity contribution is 5.75. The number of benzene rings is 1. The smallest absolute Gasteiger partial charge is 0.129 e. The van der Waals surface area contributed by atoms with Crippen molar-refractivity contribution in [3.05, 3.63) is 35.9 Å². The number of hydrogen-bond donors (Lipinski definition) is 0. The molecule has 0 aromatic heterocycles. The van der Waals surface area contributed by atoms with Crippen molar-refractivity contribution in [2.75, 3.05) is 0 Å². The van der Waals surface area contributed by atoms with E-state index in [9.17, 15) is 4.79 Å². The van der Waals surface area contributed by atoms with Gasteiger partial charge in [-0.05, 0) is 37.2 Å². The third-order valence-corrected chi connectivity index (χ3v) is 3.02. The van der Waals surface area contributed by atoms with E-state index in [1.165, 1.54) is 12.0 Å². The van der Waals surface area contributed by atoms with E-state index in [4.69, 9.17) is 0 Å². The molecule has 0 amide bonds. The number of carbonyl (C=O) groups excluding carboxylic acids is 1. The standard InChI is InChI=1S/C13H16O/c1-10(14)7-8-12-9-13(12)11-5-3-2-4-6-11/h2-6,12-13H,7-9H2,1H3. The van der Waals surface area contributed by atoms with Gasteiger partial charge in [0.25, 0.3) is 0 Å². The van der Waals surface area contributed by atoms with Crippen LogP contribution in [0.2, 0.25) is 0 Å². The lowest BCUT2D eigenvalue weighted by Crippen LogP contribution is -1.91. The Morgan fingerprint density at radius 3 is 2.71 bits per heavy atom. The summed E-state index contributed by atoms with van der Waals surface area (Å²) in [6, 6.07) is 10.6. The Balaban J connectivity index is 1.85. The molecule has 0 aliphatic heterocycles. The summed E-state index contributed by atoms with van der Waals surface area (Å²) in [6.45, 7) is 1.68. The van der Waals surface area contributed by atoms with Crippen molar-refractivity contribution < 1.29 is 4.79 Å². The molecule has 1 heteroatoms. The number of rotatable bonds is 4. The average Bonchev–Trinajstić information content (AvgIpc) is 2.95. The molecule has 1 saturated carbocycles. The molecule has 1 aliphatic rings. The quantitative estimate of drug-likeness (QED) is 0.709. The Hall–Kier alpha value is -1.11. The zero-order chi connectivity index (χ0) is 9.97. The van der Waals surface area contributed by atoms with Crippen molar-refractivity contribution in [1.29, 1.82) is 0 Å². The van der Waals surface area contributed by atoms with E-state index in [-0.39, 0.29) is 0 Å². The van der Waals surface area contributed by atoms with Gasteiger partial charge in [0.15, 0.2) is 0 Å². The maximum Gasteiger partial charge on any atom is 0.129 e. The van der Waals surface area contributed by atoms with Gasteiger partial charge in [0.05, 0.1) is 0 Å². The van der Waals surface area contributed by atoms with Crippen LogP contribution in [0.25, 0.3) is 0 Å².